The molecule has 1 N–H and O–H groups in total. The van der Waals surface area contributed by atoms with Crippen molar-refractivity contribution in [2.75, 3.05) is 36.4 Å². The van der Waals surface area contributed by atoms with Gasteiger partial charge in [0.15, 0.2) is 0 Å². The van der Waals surface area contributed by atoms with Crippen LogP contribution in [0.2, 0.25) is 5.02 Å². The molecule has 162 valence electrons. The Balaban J connectivity index is 1.41. The quantitative estimate of drug-likeness (QED) is 0.706. The molecule has 0 spiro atoms. The van der Waals surface area contributed by atoms with Crippen LogP contribution in [0.3, 0.4) is 0 Å². The van der Waals surface area contributed by atoms with Crippen LogP contribution in [-0.4, -0.2) is 44.8 Å². The molecule has 0 unspecified atom stereocenters. The van der Waals surface area contributed by atoms with Crippen LogP contribution in [0.15, 0.2) is 39.9 Å². The molecule has 1 aromatic carbocycles. The molecule has 0 saturated carbocycles. The first kappa shape index (κ1) is 21.6. The predicted molar refractivity (Wildman–Crippen MR) is 122 cm³/mol. The van der Waals surface area contributed by atoms with Crippen LogP contribution in [0.1, 0.15) is 32.1 Å². The maximum Gasteiger partial charge on any atom is 0.252 e. The molecule has 0 aliphatic carbocycles. The highest BCUT2D eigenvalue weighted by Crippen LogP contribution is 2.33. The van der Waals surface area contributed by atoms with Gasteiger partial charge in [0.25, 0.3) is 10.0 Å². The molecule has 4 rings (SSSR count). The van der Waals surface area contributed by atoms with Gasteiger partial charge in [0.1, 0.15) is 4.21 Å². The Morgan fingerprint density at radius 2 is 1.80 bits per heavy atom. The molecule has 30 heavy (non-hydrogen) atoms. The van der Waals surface area contributed by atoms with Crippen molar-refractivity contribution in [3.05, 3.63) is 40.7 Å². The van der Waals surface area contributed by atoms with Gasteiger partial charge in [-0.3, -0.25) is 4.79 Å². The van der Waals surface area contributed by atoms with Gasteiger partial charge in [-0.15, -0.1) is 11.3 Å². The third kappa shape index (κ3) is 4.66. The minimum Gasteiger partial charge on any atom is -0.370 e. The molecule has 1 aromatic heterocycles. The number of halogens is 1. The van der Waals surface area contributed by atoms with Crippen molar-refractivity contribution in [2.45, 2.75) is 36.3 Å². The maximum absolute atomic E-state index is 13.0. The first-order chi connectivity index (χ1) is 14.4. The Morgan fingerprint density at radius 3 is 2.47 bits per heavy atom. The highest BCUT2D eigenvalue weighted by atomic mass is 35.5. The van der Waals surface area contributed by atoms with Gasteiger partial charge < -0.3 is 10.2 Å². The second-order valence-corrected chi connectivity index (χ2v) is 11.4. The fourth-order valence-corrected chi connectivity index (χ4v) is 6.94. The smallest absolute Gasteiger partial charge is 0.252 e. The second kappa shape index (κ2) is 9.26. The van der Waals surface area contributed by atoms with E-state index in [9.17, 15) is 13.2 Å². The van der Waals surface area contributed by atoms with Gasteiger partial charge in [0.2, 0.25) is 5.91 Å². The van der Waals surface area contributed by atoms with E-state index in [2.05, 4.69) is 10.2 Å². The van der Waals surface area contributed by atoms with Crippen LogP contribution in [0, 0.1) is 5.92 Å². The van der Waals surface area contributed by atoms with Crippen molar-refractivity contribution in [2.24, 2.45) is 5.92 Å². The largest absolute Gasteiger partial charge is 0.370 e. The molecule has 0 bridgehead atoms. The zero-order chi connectivity index (χ0) is 21.1. The van der Waals surface area contributed by atoms with E-state index < -0.39 is 10.0 Å². The lowest BCUT2D eigenvalue weighted by molar-refractivity contribution is -0.120. The van der Waals surface area contributed by atoms with Crippen LogP contribution in [-0.2, 0) is 14.8 Å². The van der Waals surface area contributed by atoms with Gasteiger partial charge in [-0.2, -0.15) is 4.31 Å². The zero-order valence-corrected chi connectivity index (χ0v) is 19.1. The highest BCUT2D eigenvalue weighted by molar-refractivity contribution is 7.91. The number of sulfonamides is 1. The van der Waals surface area contributed by atoms with E-state index in [-0.39, 0.29) is 11.8 Å². The van der Waals surface area contributed by atoms with Crippen LogP contribution < -0.4 is 10.2 Å². The number of hydrogen-bond acceptors (Lipinski definition) is 5. The molecule has 0 atom stereocenters. The summed E-state index contributed by atoms with van der Waals surface area (Å²) in [6.07, 6.45) is 4.55. The van der Waals surface area contributed by atoms with Gasteiger partial charge in [0, 0.05) is 37.1 Å². The summed E-state index contributed by atoms with van der Waals surface area (Å²) >= 11 is 7.42. The van der Waals surface area contributed by atoms with E-state index in [0.717, 1.165) is 37.3 Å². The van der Waals surface area contributed by atoms with E-state index in [1.54, 1.807) is 23.6 Å². The van der Waals surface area contributed by atoms with Crippen molar-refractivity contribution >= 4 is 50.2 Å². The lowest BCUT2D eigenvalue weighted by atomic mass is 9.97. The standard InChI is InChI=1S/C21H26ClN3O3S2/c22-17-6-7-19(24-10-2-1-3-11-24)18(15-17)23-21(26)16-8-12-25(13-9-16)30(27,28)20-5-4-14-29-20/h4-7,14-16H,1-3,8-13H2,(H,23,26). The molecule has 9 heteroatoms. The number of thiophene rings is 1. The zero-order valence-electron chi connectivity index (χ0n) is 16.7. The number of nitrogens with zero attached hydrogens (tertiary/aromatic N) is 2. The molecule has 0 radical (unpaired) electrons. The van der Waals surface area contributed by atoms with Gasteiger partial charge in [-0.1, -0.05) is 17.7 Å². The van der Waals surface area contributed by atoms with Crippen LogP contribution in [0.4, 0.5) is 11.4 Å². The summed E-state index contributed by atoms with van der Waals surface area (Å²) in [7, 11) is -3.46. The minimum atomic E-state index is -3.46. The average Bonchev–Trinajstić information content (AvgIpc) is 3.30. The van der Waals surface area contributed by atoms with Crippen molar-refractivity contribution in [1.82, 2.24) is 4.31 Å². The molecule has 2 fully saturated rings. The molecule has 3 heterocycles. The number of anilines is 2. The van der Waals surface area contributed by atoms with E-state index >= 15 is 0 Å². The minimum absolute atomic E-state index is 0.0660. The normalized spacial score (nSPS) is 19.0. The summed E-state index contributed by atoms with van der Waals surface area (Å²) < 4.78 is 27.2. The van der Waals surface area contributed by atoms with E-state index in [1.807, 2.05) is 12.1 Å². The van der Waals surface area contributed by atoms with Gasteiger partial charge in [-0.25, -0.2) is 8.42 Å². The van der Waals surface area contributed by atoms with Gasteiger partial charge in [-0.05, 0) is 61.7 Å². The SMILES string of the molecule is O=C(Nc1cc(Cl)ccc1N1CCCCC1)C1CCN(S(=O)(=O)c2cccs2)CC1. The molecule has 2 aliphatic heterocycles. The number of carbonyl (C=O) groups is 1. The number of carbonyl (C=O) groups excluding carboxylic acids is 1. The van der Waals surface area contributed by atoms with Gasteiger partial charge >= 0.3 is 0 Å². The summed E-state index contributed by atoms with van der Waals surface area (Å²) in [5, 5.41) is 5.42. The number of benzene rings is 1. The van der Waals surface area contributed by atoms with Crippen molar-refractivity contribution in [3.63, 3.8) is 0 Å². The summed E-state index contributed by atoms with van der Waals surface area (Å²) in [5.41, 5.74) is 1.74. The van der Waals surface area contributed by atoms with Crippen molar-refractivity contribution in [1.29, 1.82) is 0 Å². The average molecular weight is 468 g/mol. The van der Waals surface area contributed by atoms with Crippen LogP contribution >= 0.6 is 22.9 Å². The van der Waals surface area contributed by atoms with Crippen LogP contribution in [0.5, 0.6) is 0 Å². The first-order valence-electron chi connectivity index (χ1n) is 10.3. The second-order valence-electron chi connectivity index (χ2n) is 7.81. The summed E-state index contributed by atoms with van der Waals surface area (Å²) in [5.74, 6) is -0.281. The van der Waals surface area contributed by atoms with E-state index in [0.29, 0.717) is 35.2 Å². The highest BCUT2D eigenvalue weighted by Gasteiger charge is 2.33. The summed E-state index contributed by atoms with van der Waals surface area (Å²) in [6.45, 7) is 2.66. The number of nitrogens with one attached hydrogen (secondary N) is 1. The van der Waals surface area contributed by atoms with E-state index in [1.165, 1.54) is 22.1 Å². The Hall–Kier alpha value is -1.61. The number of rotatable bonds is 5. The molecule has 6 nitrogen and oxygen atoms in total. The Kier molecular flexibility index (Phi) is 6.67. The Labute approximate surface area is 186 Å². The summed E-state index contributed by atoms with van der Waals surface area (Å²) in [4.78, 5) is 15.3. The lowest BCUT2D eigenvalue weighted by Gasteiger charge is -2.32. The molecular weight excluding hydrogens is 442 g/mol. The maximum atomic E-state index is 13.0. The molecule has 2 saturated heterocycles. The predicted octanol–water partition coefficient (Wildman–Crippen LogP) is 4.43. The van der Waals surface area contributed by atoms with Crippen LogP contribution in [0.25, 0.3) is 0 Å². The van der Waals surface area contributed by atoms with Crippen molar-refractivity contribution in [3.8, 4) is 0 Å². The topological polar surface area (TPSA) is 69.7 Å². The lowest BCUT2D eigenvalue weighted by Crippen LogP contribution is -2.41. The number of amides is 1. The monoisotopic (exact) mass is 467 g/mol. The van der Waals surface area contributed by atoms with Gasteiger partial charge in [0.05, 0.1) is 11.4 Å². The molecule has 2 aromatic rings. The third-order valence-electron chi connectivity index (χ3n) is 5.83. The summed E-state index contributed by atoms with van der Waals surface area (Å²) in [6, 6.07) is 9.00. The Bertz CT molecular complexity index is 981. The van der Waals surface area contributed by atoms with E-state index in [4.69, 9.17) is 11.6 Å². The first-order valence-corrected chi connectivity index (χ1v) is 13.0. The fourth-order valence-electron chi connectivity index (χ4n) is 4.15. The molecular formula is C21H26ClN3O3S2. The fraction of sp³-hybridized carbons (Fsp3) is 0.476. The molecule has 1 amide bonds. The Morgan fingerprint density at radius 1 is 1.07 bits per heavy atom. The molecule has 2 aliphatic rings. The van der Waals surface area contributed by atoms with Crippen molar-refractivity contribution < 1.29 is 13.2 Å². The number of piperidine rings is 2. The number of hydrogen-bond donors (Lipinski definition) is 1. The third-order valence-corrected chi connectivity index (χ3v) is 9.33.